The van der Waals surface area contributed by atoms with Crippen molar-refractivity contribution < 1.29 is 9.18 Å². The first kappa shape index (κ1) is 15.5. The maximum absolute atomic E-state index is 14.0. The molecule has 0 amide bonds. The van der Waals surface area contributed by atoms with E-state index in [1.165, 1.54) is 6.07 Å². The SMILES string of the molecule is C=Cn1c(C#CC(=O)c2ccccc2)ccc1-c1ccccc1F. The van der Waals surface area contributed by atoms with Gasteiger partial charge in [0.1, 0.15) is 5.82 Å². The molecule has 3 heteroatoms. The van der Waals surface area contributed by atoms with E-state index in [1.54, 1.807) is 65.4 Å². The van der Waals surface area contributed by atoms with Crippen LogP contribution < -0.4 is 0 Å². The molecule has 2 nitrogen and oxygen atoms in total. The van der Waals surface area contributed by atoms with Crippen LogP contribution in [0.4, 0.5) is 4.39 Å². The third-order valence-corrected chi connectivity index (χ3v) is 3.59. The standard InChI is InChI=1S/C21H14FNO/c1-2-23-17(13-15-21(24)16-8-4-3-5-9-16)12-14-20(23)18-10-6-7-11-19(18)22/h2-12,14H,1H2. The largest absolute Gasteiger partial charge is 0.310 e. The fourth-order valence-electron chi connectivity index (χ4n) is 2.42. The fourth-order valence-corrected chi connectivity index (χ4v) is 2.42. The second-order valence-electron chi connectivity index (χ2n) is 5.08. The van der Waals surface area contributed by atoms with E-state index < -0.39 is 0 Å². The van der Waals surface area contributed by atoms with Gasteiger partial charge in [0.15, 0.2) is 0 Å². The second kappa shape index (κ2) is 6.80. The van der Waals surface area contributed by atoms with Crippen LogP contribution in [0.2, 0.25) is 0 Å². The lowest BCUT2D eigenvalue weighted by molar-refractivity contribution is 0.105. The Morgan fingerprint density at radius 3 is 2.42 bits per heavy atom. The molecule has 1 heterocycles. The van der Waals surface area contributed by atoms with E-state index >= 15 is 0 Å². The van der Waals surface area contributed by atoms with Gasteiger partial charge in [-0.05, 0) is 36.1 Å². The topological polar surface area (TPSA) is 22.0 Å². The molecule has 0 fully saturated rings. The molecule has 0 spiro atoms. The van der Waals surface area contributed by atoms with Crippen molar-refractivity contribution in [3.8, 4) is 23.1 Å². The minimum atomic E-state index is -0.321. The van der Waals surface area contributed by atoms with Gasteiger partial charge in [0.05, 0.1) is 11.4 Å². The van der Waals surface area contributed by atoms with Crippen molar-refractivity contribution in [1.29, 1.82) is 0 Å². The van der Waals surface area contributed by atoms with Crippen molar-refractivity contribution >= 4 is 12.0 Å². The minimum absolute atomic E-state index is 0.264. The Labute approximate surface area is 139 Å². The molecule has 116 valence electrons. The third-order valence-electron chi connectivity index (χ3n) is 3.59. The highest BCUT2D eigenvalue weighted by atomic mass is 19.1. The highest BCUT2D eigenvalue weighted by molar-refractivity contribution is 6.09. The van der Waals surface area contributed by atoms with Gasteiger partial charge in [0.2, 0.25) is 5.78 Å². The van der Waals surface area contributed by atoms with Crippen molar-refractivity contribution in [3.05, 3.63) is 90.4 Å². The van der Waals surface area contributed by atoms with E-state index in [0.29, 0.717) is 22.5 Å². The lowest BCUT2D eigenvalue weighted by Crippen LogP contribution is -1.97. The quantitative estimate of drug-likeness (QED) is 0.510. The molecule has 0 saturated heterocycles. The summed E-state index contributed by atoms with van der Waals surface area (Å²) in [6, 6.07) is 18.9. The number of halogens is 1. The molecule has 0 radical (unpaired) electrons. The van der Waals surface area contributed by atoms with E-state index in [-0.39, 0.29) is 11.6 Å². The summed E-state index contributed by atoms with van der Waals surface area (Å²) >= 11 is 0. The van der Waals surface area contributed by atoms with Crippen molar-refractivity contribution in [2.24, 2.45) is 0 Å². The Kier molecular flexibility index (Phi) is 4.40. The lowest BCUT2D eigenvalue weighted by Gasteiger charge is -2.06. The van der Waals surface area contributed by atoms with Crippen LogP contribution in [0.3, 0.4) is 0 Å². The Morgan fingerprint density at radius 1 is 1.00 bits per heavy atom. The summed E-state index contributed by atoms with van der Waals surface area (Å²) in [7, 11) is 0. The van der Waals surface area contributed by atoms with E-state index in [9.17, 15) is 9.18 Å². The summed E-state index contributed by atoms with van der Waals surface area (Å²) in [5.74, 6) is 4.88. The Hall–Kier alpha value is -3.38. The van der Waals surface area contributed by atoms with Crippen LogP contribution in [0.15, 0.2) is 73.3 Å². The Bertz CT molecular complexity index is 958. The van der Waals surface area contributed by atoms with E-state index in [0.717, 1.165) is 0 Å². The molecule has 0 bridgehead atoms. The predicted octanol–water partition coefficient (Wildman–Crippen LogP) is 4.63. The number of aromatic nitrogens is 1. The molecule has 0 atom stereocenters. The first-order chi connectivity index (χ1) is 11.7. The fraction of sp³-hybridized carbons (Fsp3) is 0. The van der Waals surface area contributed by atoms with Crippen LogP contribution in [-0.2, 0) is 0 Å². The number of benzene rings is 2. The minimum Gasteiger partial charge on any atom is -0.310 e. The average Bonchev–Trinajstić information content (AvgIpc) is 3.03. The normalized spacial score (nSPS) is 9.88. The van der Waals surface area contributed by atoms with E-state index in [1.807, 2.05) is 6.07 Å². The van der Waals surface area contributed by atoms with Crippen molar-refractivity contribution in [3.63, 3.8) is 0 Å². The molecule has 0 aliphatic carbocycles. The average molecular weight is 315 g/mol. The third kappa shape index (κ3) is 3.04. The first-order valence-electron chi connectivity index (χ1n) is 7.41. The van der Waals surface area contributed by atoms with Crippen LogP contribution >= 0.6 is 0 Å². The maximum atomic E-state index is 14.0. The van der Waals surface area contributed by atoms with Crippen LogP contribution in [0.5, 0.6) is 0 Å². The number of Topliss-reactive ketones (excluding diaryl/α,β-unsaturated/α-hetero) is 1. The van der Waals surface area contributed by atoms with Gasteiger partial charge >= 0.3 is 0 Å². The van der Waals surface area contributed by atoms with Crippen molar-refractivity contribution in [2.75, 3.05) is 0 Å². The molecule has 1 aromatic heterocycles. The number of nitrogens with zero attached hydrogens (tertiary/aromatic N) is 1. The molecular weight excluding hydrogens is 301 g/mol. The molecule has 24 heavy (non-hydrogen) atoms. The van der Waals surface area contributed by atoms with Crippen LogP contribution in [0.25, 0.3) is 17.5 Å². The molecule has 0 N–H and O–H groups in total. The van der Waals surface area contributed by atoms with Crippen LogP contribution in [0, 0.1) is 17.7 Å². The molecule has 0 unspecified atom stereocenters. The van der Waals surface area contributed by atoms with E-state index in [2.05, 4.69) is 18.4 Å². The molecule has 3 rings (SSSR count). The molecular formula is C21H14FNO. The summed E-state index contributed by atoms with van der Waals surface area (Å²) in [6.07, 6.45) is 1.55. The summed E-state index contributed by atoms with van der Waals surface area (Å²) in [5, 5.41) is 0. The Morgan fingerprint density at radius 2 is 1.71 bits per heavy atom. The highest BCUT2D eigenvalue weighted by Crippen LogP contribution is 2.25. The highest BCUT2D eigenvalue weighted by Gasteiger charge is 2.10. The van der Waals surface area contributed by atoms with Gasteiger partial charge in [0.25, 0.3) is 0 Å². The van der Waals surface area contributed by atoms with Gasteiger partial charge < -0.3 is 4.57 Å². The van der Waals surface area contributed by atoms with Gasteiger partial charge in [-0.1, -0.05) is 49.0 Å². The van der Waals surface area contributed by atoms with Crippen molar-refractivity contribution in [2.45, 2.75) is 0 Å². The number of carbonyl (C=O) groups excluding carboxylic acids is 1. The summed E-state index contributed by atoms with van der Waals surface area (Å²) in [5.41, 5.74) is 2.21. The summed E-state index contributed by atoms with van der Waals surface area (Å²) < 4.78 is 15.7. The molecule has 0 aliphatic rings. The molecule has 2 aromatic carbocycles. The number of hydrogen-bond donors (Lipinski definition) is 0. The molecule has 0 saturated carbocycles. The Balaban J connectivity index is 1.97. The van der Waals surface area contributed by atoms with Crippen LogP contribution in [-0.4, -0.2) is 10.4 Å². The van der Waals surface area contributed by atoms with Gasteiger partial charge in [-0.3, -0.25) is 4.79 Å². The maximum Gasteiger partial charge on any atom is 0.236 e. The van der Waals surface area contributed by atoms with Gasteiger partial charge in [-0.25, -0.2) is 4.39 Å². The van der Waals surface area contributed by atoms with Gasteiger partial charge in [0, 0.05) is 17.3 Å². The monoisotopic (exact) mass is 315 g/mol. The summed E-state index contributed by atoms with van der Waals surface area (Å²) in [6.45, 7) is 3.75. The lowest BCUT2D eigenvalue weighted by atomic mass is 10.1. The number of carbonyl (C=O) groups is 1. The smallest absolute Gasteiger partial charge is 0.236 e. The zero-order chi connectivity index (χ0) is 16.9. The van der Waals surface area contributed by atoms with Crippen molar-refractivity contribution in [1.82, 2.24) is 4.57 Å². The number of hydrogen-bond acceptors (Lipinski definition) is 1. The predicted molar refractivity (Wildman–Crippen MR) is 93.9 cm³/mol. The zero-order valence-electron chi connectivity index (χ0n) is 12.9. The number of rotatable bonds is 3. The first-order valence-corrected chi connectivity index (χ1v) is 7.41. The van der Waals surface area contributed by atoms with Crippen LogP contribution in [0.1, 0.15) is 16.1 Å². The second-order valence-corrected chi connectivity index (χ2v) is 5.08. The van der Waals surface area contributed by atoms with Gasteiger partial charge in [-0.15, -0.1) is 0 Å². The summed E-state index contributed by atoms with van der Waals surface area (Å²) in [4.78, 5) is 12.1. The zero-order valence-corrected chi connectivity index (χ0v) is 12.9. The van der Waals surface area contributed by atoms with E-state index in [4.69, 9.17) is 0 Å². The van der Waals surface area contributed by atoms with Gasteiger partial charge in [-0.2, -0.15) is 0 Å². The molecule has 0 aliphatic heterocycles. The molecule has 3 aromatic rings. The number of ketones is 1.